The van der Waals surface area contributed by atoms with Crippen molar-refractivity contribution in [3.05, 3.63) is 58.5 Å². The average molecular weight is 399 g/mol. The number of carbonyl (C=O) groups is 1. The molecule has 1 aliphatic heterocycles. The topological polar surface area (TPSA) is 62.2 Å². The molecule has 1 aromatic carbocycles. The van der Waals surface area contributed by atoms with E-state index in [9.17, 15) is 14.3 Å². The van der Waals surface area contributed by atoms with Crippen LogP contribution in [0.4, 0.5) is 10.2 Å². The third-order valence-corrected chi connectivity index (χ3v) is 5.70. The number of aromatic nitrogens is 1. The van der Waals surface area contributed by atoms with Gasteiger partial charge in [0.1, 0.15) is 11.6 Å². The van der Waals surface area contributed by atoms with Crippen molar-refractivity contribution in [2.75, 3.05) is 11.9 Å². The van der Waals surface area contributed by atoms with Crippen molar-refractivity contribution in [3.8, 4) is 0 Å². The fourth-order valence-corrected chi connectivity index (χ4v) is 4.11. The molecule has 1 aliphatic rings. The van der Waals surface area contributed by atoms with E-state index in [-0.39, 0.29) is 18.2 Å². The lowest BCUT2D eigenvalue weighted by Gasteiger charge is -2.17. The lowest BCUT2D eigenvalue weighted by molar-refractivity contribution is -0.137. The first-order valence-corrected chi connectivity index (χ1v) is 10.7. The second-order valence-electron chi connectivity index (χ2n) is 8.11. The predicted octanol–water partition coefficient (Wildman–Crippen LogP) is 5.64. The number of anilines is 1. The highest BCUT2D eigenvalue weighted by atomic mass is 19.1. The third kappa shape index (κ3) is 6.28. The Balaban J connectivity index is 1.44. The van der Waals surface area contributed by atoms with Crippen molar-refractivity contribution in [3.63, 3.8) is 0 Å². The molecule has 5 heteroatoms. The fraction of sp³-hybridized carbons (Fsp3) is 0.500. The van der Waals surface area contributed by atoms with Gasteiger partial charge in [-0.2, -0.15) is 0 Å². The van der Waals surface area contributed by atoms with Crippen LogP contribution in [0.3, 0.4) is 0 Å². The molecule has 0 fully saturated rings. The first kappa shape index (κ1) is 21.3. The van der Waals surface area contributed by atoms with Crippen molar-refractivity contribution in [1.29, 1.82) is 0 Å². The predicted molar refractivity (Wildman–Crippen MR) is 114 cm³/mol. The minimum absolute atomic E-state index is 0.0214. The maximum Gasteiger partial charge on any atom is 0.303 e. The Hall–Kier alpha value is -2.43. The van der Waals surface area contributed by atoms with E-state index in [0.29, 0.717) is 12.0 Å². The van der Waals surface area contributed by atoms with E-state index in [2.05, 4.69) is 17.4 Å². The molecule has 29 heavy (non-hydrogen) atoms. The molecule has 0 aliphatic carbocycles. The molecular formula is C24H31FN2O2. The molecule has 0 saturated carbocycles. The summed E-state index contributed by atoms with van der Waals surface area (Å²) >= 11 is 0. The van der Waals surface area contributed by atoms with Gasteiger partial charge >= 0.3 is 5.97 Å². The lowest BCUT2D eigenvalue weighted by atomic mass is 9.89. The number of benzene rings is 1. The normalized spacial score (nSPS) is 14.1. The summed E-state index contributed by atoms with van der Waals surface area (Å²) in [5, 5.41) is 12.6. The van der Waals surface area contributed by atoms with Gasteiger partial charge in [0, 0.05) is 12.2 Å². The zero-order valence-corrected chi connectivity index (χ0v) is 17.2. The number of rotatable bonds is 10. The average Bonchev–Trinajstić information content (AvgIpc) is 2.71. The zero-order valence-electron chi connectivity index (χ0n) is 17.2. The molecule has 0 amide bonds. The molecule has 2 aromatic rings. The first-order valence-electron chi connectivity index (χ1n) is 10.7. The van der Waals surface area contributed by atoms with Crippen molar-refractivity contribution >= 4 is 11.8 Å². The van der Waals surface area contributed by atoms with Gasteiger partial charge in [-0.25, -0.2) is 9.37 Å². The summed E-state index contributed by atoms with van der Waals surface area (Å²) < 4.78 is 14.2. The Kier molecular flexibility index (Phi) is 7.62. The van der Waals surface area contributed by atoms with Crippen LogP contribution < -0.4 is 5.32 Å². The highest BCUT2D eigenvalue weighted by Crippen LogP contribution is 2.29. The Bertz CT molecular complexity index is 838. The van der Waals surface area contributed by atoms with Crippen LogP contribution in [0, 0.1) is 12.7 Å². The van der Waals surface area contributed by atoms with E-state index < -0.39 is 5.97 Å². The van der Waals surface area contributed by atoms with Crippen molar-refractivity contribution in [2.45, 2.75) is 70.6 Å². The van der Waals surface area contributed by atoms with Crippen LogP contribution in [0.5, 0.6) is 0 Å². The van der Waals surface area contributed by atoms with Gasteiger partial charge in [0.15, 0.2) is 0 Å². The summed E-state index contributed by atoms with van der Waals surface area (Å²) in [5.41, 5.74) is 3.94. The van der Waals surface area contributed by atoms with E-state index in [4.69, 9.17) is 4.98 Å². The molecule has 1 atom stereocenters. The molecular weight excluding hydrogens is 367 g/mol. The number of nitrogens with one attached hydrogen (secondary N) is 1. The smallest absolute Gasteiger partial charge is 0.303 e. The zero-order chi connectivity index (χ0) is 20.6. The van der Waals surface area contributed by atoms with Gasteiger partial charge in [-0.3, -0.25) is 4.79 Å². The number of aryl methyl sites for hydroxylation is 3. The van der Waals surface area contributed by atoms with Gasteiger partial charge in [-0.15, -0.1) is 0 Å². The number of fused-ring (bicyclic) bond motifs is 1. The van der Waals surface area contributed by atoms with Crippen LogP contribution in [0.1, 0.15) is 73.2 Å². The number of hydrogen-bond acceptors (Lipinski definition) is 3. The number of carboxylic acids is 1. The Morgan fingerprint density at radius 2 is 2.03 bits per heavy atom. The molecule has 156 valence electrons. The van der Waals surface area contributed by atoms with E-state index in [1.54, 1.807) is 12.1 Å². The monoisotopic (exact) mass is 398 g/mol. The fourth-order valence-electron chi connectivity index (χ4n) is 4.11. The molecule has 1 aromatic heterocycles. The lowest BCUT2D eigenvalue weighted by Crippen LogP contribution is -2.13. The summed E-state index contributed by atoms with van der Waals surface area (Å²) in [6.07, 6.45) is 7.98. The van der Waals surface area contributed by atoms with Crippen molar-refractivity contribution in [2.24, 2.45) is 0 Å². The van der Waals surface area contributed by atoms with Crippen LogP contribution in [0.25, 0.3) is 0 Å². The van der Waals surface area contributed by atoms with Gasteiger partial charge in [0.25, 0.3) is 0 Å². The molecule has 0 bridgehead atoms. The van der Waals surface area contributed by atoms with E-state index in [1.807, 2.05) is 6.92 Å². The Morgan fingerprint density at radius 3 is 2.86 bits per heavy atom. The molecule has 2 N–H and O–H groups in total. The van der Waals surface area contributed by atoms with Gasteiger partial charge in [0.2, 0.25) is 0 Å². The maximum atomic E-state index is 14.2. The summed E-state index contributed by atoms with van der Waals surface area (Å²) in [7, 11) is 0. The largest absolute Gasteiger partial charge is 0.481 e. The summed E-state index contributed by atoms with van der Waals surface area (Å²) in [4.78, 5) is 16.0. The number of carboxylic acid groups (broad SMARTS) is 1. The summed E-state index contributed by atoms with van der Waals surface area (Å²) in [6.45, 7) is 2.91. The highest BCUT2D eigenvalue weighted by Gasteiger charge is 2.19. The number of nitrogens with zero attached hydrogens (tertiary/aromatic N) is 1. The number of halogens is 1. The van der Waals surface area contributed by atoms with Gasteiger partial charge in [-0.05, 0) is 68.2 Å². The second-order valence-corrected chi connectivity index (χ2v) is 8.11. The number of hydrogen-bond donors (Lipinski definition) is 2. The quantitative estimate of drug-likeness (QED) is 0.509. The van der Waals surface area contributed by atoms with Crippen molar-refractivity contribution in [1.82, 2.24) is 4.98 Å². The summed E-state index contributed by atoms with van der Waals surface area (Å²) in [6, 6.07) is 9.28. The van der Waals surface area contributed by atoms with Gasteiger partial charge < -0.3 is 10.4 Å². The number of unbranched alkanes of at least 4 members (excludes halogenated alkanes) is 3. The molecule has 2 heterocycles. The first-order chi connectivity index (χ1) is 14.0. The minimum Gasteiger partial charge on any atom is -0.481 e. The molecule has 3 rings (SSSR count). The maximum absolute atomic E-state index is 14.2. The molecule has 0 saturated heterocycles. The van der Waals surface area contributed by atoms with Crippen LogP contribution in [0.2, 0.25) is 0 Å². The SMILES string of the molecule is Cc1ccc(F)c(C(CCCCCCc2ccc3c(n2)NCCC3)CC(=O)O)c1. The standard InChI is InChI=1S/C24H31FN2O2/c1-17-10-13-22(25)21(15-17)19(16-23(28)29)7-4-2-3-5-9-20-12-11-18-8-6-14-26-24(18)27-20/h10-13,15,19H,2-9,14,16H2,1H3,(H,26,27)(H,28,29). The number of aliphatic carboxylic acids is 1. The Labute approximate surface area is 172 Å². The summed E-state index contributed by atoms with van der Waals surface area (Å²) in [5.74, 6) is -0.386. The third-order valence-electron chi connectivity index (χ3n) is 5.70. The van der Waals surface area contributed by atoms with Crippen LogP contribution in [0.15, 0.2) is 30.3 Å². The molecule has 0 spiro atoms. The van der Waals surface area contributed by atoms with E-state index in [0.717, 1.165) is 62.1 Å². The van der Waals surface area contributed by atoms with Crippen molar-refractivity contribution < 1.29 is 14.3 Å². The second kappa shape index (κ2) is 10.4. The molecule has 1 unspecified atom stereocenters. The highest BCUT2D eigenvalue weighted by molar-refractivity contribution is 5.68. The minimum atomic E-state index is -0.872. The van der Waals surface area contributed by atoms with E-state index in [1.165, 1.54) is 18.1 Å². The van der Waals surface area contributed by atoms with Gasteiger partial charge in [0.05, 0.1) is 6.42 Å². The molecule has 4 nitrogen and oxygen atoms in total. The Morgan fingerprint density at radius 1 is 1.21 bits per heavy atom. The van der Waals surface area contributed by atoms with Crippen LogP contribution in [-0.4, -0.2) is 22.6 Å². The van der Waals surface area contributed by atoms with Gasteiger partial charge in [-0.1, -0.05) is 43.0 Å². The van der Waals surface area contributed by atoms with E-state index >= 15 is 0 Å². The van der Waals surface area contributed by atoms with Crippen LogP contribution >= 0.6 is 0 Å². The number of pyridine rings is 1. The van der Waals surface area contributed by atoms with Crippen LogP contribution in [-0.2, 0) is 17.6 Å². The molecule has 0 radical (unpaired) electrons.